The number of rotatable bonds is 9. The number of hydrogen-bond donors (Lipinski definition) is 1. The SMILES string of the molecule is CC(=O)c1ccccc1OCC(O)CN(Cc1c(F)cccc1Cl)C1CCS(=O)(=O)C1. The number of para-hydroxylation sites is 1. The molecule has 0 saturated carbocycles. The number of hydrogen-bond acceptors (Lipinski definition) is 6. The molecule has 0 aromatic heterocycles. The van der Waals surface area contributed by atoms with Crippen LogP contribution in [0.3, 0.4) is 0 Å². The zero-order chi connectivity index (χ0) is 22.6. The number of aliphatic hydroxyl groups is 1. The fraction of sp³-hybridized carbons (Fsp3) is 0.409. The van der Waals surface area contributed by atoms with Gasteiger partial charge in [0.1, 0.15) is 24.3 Å². The summed E-state index contributed by atoms with van der Waals surface area (Å²) in [5.41, 5.74) is 0.662. The van der Waals surface area contributed by atoms with Crippen LogP contribution in [-0.2, 0) is 16.4 Å². The first-order chi connectivity index (χ1) is 14.7. The number of Topliss-reactive ketones (excluding diaryl/α,β-unsaturated/α-hetero) is 1. The molecule has 2 aromatic rings. The molecule has 0 amide bonds. The second-order valence-electron chi connectivity index (χ2n) is 7.70. The number of aliphatic hydroxyl groups excluding tert-OH is 1. The van der Waals surface area contributed by atoms with Gasteiger partial charge in [-0.2, -0.15) is 0 Å². The molecule has 0 radical (unpaired) electrons. The third-order valence-electron chi connectivity index (χ3n) is 5.29. The molecule has 1 heterocycles. The van der Waals surface area contributed by atoms with Gasteiger partial charge < -0.3 is 9.84 Å². The Morgan fingerprint density at radius 1 is 1.29 bits per heavy atom. The van der Waals surface area contributed by atoms with Gasteiger partial charge in [0.15, 0.2) is 15.6 Å². The maximum atomic E-state index is 14.3. The zero-order valence-corrected chi connectivity index (χ0v) is 18.7. The van der Waals surface area contributed by atoms with E-state index in [1.807, 2.05) is 0 Å². The normalized spacial score (nSPS) is 18.8. The molecule has 2 atom stereocenters. The van der Waals surface area contributed by atoms with Crippen molar-refractivity contribution >= 4 is 27.2 Å². The van der Waals surface area contributed by atoms with Gasteiger partial charge in [-0.05, 0) is 37.6 Å². The highest BCUT2D eigenvalue weighted by Crippen LogP contribution is 2.26. The van der Waals surface area contributed by atoms with E-state index in [9.17, 15) is 22.7 Å². The lowest BCUT2D eigenvalue weighted by Gasteiger charge is -2.30. The molecule has 6 nitrogen and oxygen atoms in total. The second-order valence-corrected chi connectivity index (χ2v) is 10.3. The van der Waals surface area contributed by atoms with E-state index in [1.165, 1.54) is 19.1 Å². The minimum absolute atomic E-state index is 0.0533. The van der Waals surface area contributed by atoms with Crippen LogP contribution in [-0.4, -0.2) is 61.0 Å². The van der Waals surface area contributed by atoms with Gasteiger partial charge >= 0.3 is 0 Å². The van der Waals surface area contributed by atoms with Crippen molar-refractivity contribution in [3.05, 3.63) is 64.4 Å². The average Bonchev–Trinajstić information content (AvgIpc) is 3.08. The van der Waals surface area contributed by atoms with Crippen molar-refractivity contribution in [2.24, 2.45) is 0 Å². The van der Waals surface area contributed by atoms with Gasteiger partial charge in [0.25, 0.3) is 0 Å². The Morgan fingerprint density at radius 3 is 2.68 bits per heavy atom. The summed E-state index contributed by atoms with van der Waals surface area (Å²) < 4.78 is 43.9. The summed E-state index contributed by atoms with van der Waals surface area (Å²) >= 11 is 6.16. The van der Waals surface area contributed by atoms with Crippen molar-refractivity contribution < 1.29 is 27.4 Å². The number of ether oxygens (including phenoxy) is 1. The summed E-state index contributed by atoms with van der Waals surface area (Å²) in [6, 6.07) is 10.7. The molecule has 1 N–H and O–H groups in total. The van der Waals surface area contributed by atoms with E-state index in [-0.39, 0.29) is 53.6 Å². The van der Waals surface area contributed by atoms with Gasteiger partial charge in [0.2, 0.25) is 0 Å². The number of ketones is 1. The molecule has 1 aliphatic heterocycles. The topological polar surface area (TPSA) is 83.9 Å². The Bertz CT molecular complexity index is 1030. The fourth-order valence-electron chi connectivity index (χ4n) is 3.69. The zero-order valence-electron chi connectivity index (χ0n) is 17.1. The molecular formula is C22H25ClFNO5S. The summed E-state index contributed by atoms with van der Waals surface area (Å²) in [7, 11) is -3.18. The molecule has 1 aliphatic rings. The Hall–Kier alpha value is -2.00. The molecule has 2 aromatic carbocycles. The maximum absolute atomic E-state index is 14.3. The monoisotopic (exact) mass is 469 g/mol. The summed E-state index contributed by atoms with van der Waals surface area (Å²) in [6.45, 7) is 1.45. The predicted octanol–water partition coefficient (Wildman–Crippen LogP) is 3.11. The molecule has 0 bridgehead atoms. The molecule has 0 aliphatic carbocycles. The van der Waals surface area contributed by atoms with Gasteiger partial charge in [0.05, 0.1) is 17.1 Å². The van der Waals surface area contributed by atoms with E-state index in [2.05, 4.69) is 0 Å². The molecule has 168 valence electrons. The molecular weight excluding hydrogens is 445 g/mol. The maximum Gasteiger partial charge on any atom is 0.163 e. The fourth-order valence-corrected chi connectivity index (χ4v) is 5.67. The first-order valence-electron chi connectivity index (χ1n) is 9.94. The molecule has 0 spiro atoms. The average molecular weight is 470 g/mol. The van der Waals surface area contributed by atoms with Crippen molar-refractivity contribution in [3.63, 3.8) is 0 Å². The highest BCUT2D eigenvalue weighted by Gasteiger charge is 2.34. The molecule has 1 saturated heterocycles. The number of carbonyl (C=O) groups is 1. The van der Waals surface area contributed by atoms with Gasteiger partial charge in [-0.3, -0.25) is 9.69 Å². The van der Waals surface area contributed by atoms with Crippen LogP contribution in [0.1, 0.15) is 29.3 Å². The summed E-state index contributed by atoms with van der Waals surface area (Å²) in [4.78, 5) is 13.5. The Kier molecular flexibility index (Phi) is 7.69. The quantitative estimate of drug-likeness (QED) is 0.568. The van der Waals surface area contributed by atoms with Crippen LogP contribution in [0.5, 0.6) is 5.75 Å². The minimum Gasteiger partial charge on any atom is -0.490 e. The number of carbonyl (C=O) groups excluding carboxylic acids is 1. The molecule has 31 heavy (non-hydrogen) atoms. The highest BCUT2D eigenvalue weighted by molar-refractivity contribution is 7.91. The van der Waals surface area contributed by atoms with Crippen LogP contribution >= 0.6 is 11.6 Å². The number of nitrogens with zero attached hydrogens (tertiary/aromatic N) is 1. The van der Waals surface area contributed by atoms with Crippen molar-refractivity contribution in [2.45, 2.75) is 32.0 Å². The van der Waals surface area contributed by atoms with Crippen molar-refractivity contribution in [1.82, 2.24) is 4.90 Å². The van der Waals surface area contributed by atoms with E-state index >= 15 is 0 Å². The van der Waals surface area contributed by atoms with E-state index in [0.29, 0.717) is 17.7 Å². The highest BCUT2D eigenvalue weighted by atomic mass is 35.5. The van der Waals surface area contributed by atoms with Crippen LogP contribution in [0.15, 0.2) is 42.5 Å². The smallest absolute Gasteiger partial charge is 0.163 e. The standard InChI is InChI=1S/C22H25ClFNO5S/c1-15(26)18-5-2-3-8-22(18)30-13-17(27)11-25(16-9-10-31(28,29)14-16)12-19-20(23)6-4-7-21(19)24/h2-8,16-17,27H,9-14H2,1H3. The largest absolute Gasteiger partial charge is 0.490 e. The molecule has 1 fully saturated rings. The Morgan fingerprint density at radius 2 is 2.03 bits per heavy atom. The molecule has 2 unspecified atom stereocenters. The van der Waals surface area contributed by atoms with Gasteiger partial charge in [0, 0.05) is 29.7 Å². The molecule has 3 rings (SSSR count). The van der Waals surface area contributed by atoms with E-state index in [0.717, 1.165) is 0 Å². The van der Waals surface area contributed by atoms with Crippen molar-refractivity contribution in [1.29, 1.82) is 0 Å². The lowest BCUT2D eigenvalue weighted by atomic mass is 10.1. The van der Waals surface area contributed by atoms with Crippen LogP contribution in [0.4, 0.5) is 4.39 Å². The minimum atomic E-state index is -3.18. The van der Waals surface area contributed by atoms with Crippen molar-refractivity contribution in [3.8, 4) is 5.75 Å². The van der Waals surface area contributed by atoms with Gasteiger partial charge in [-0.15, -0.1) is 0 Å². The van der Waals surface area contributed by atoms with Crippen LogP contribution in [0.25, 0.3) is 0 Å². The summed E-state index contributed by atoms with van der Waals surface area (Å²) in [6.07, 6.45) is -0.594. The first-order valence-corrected chi connectivity index (χ1v) is 12.1. The second kappa shape index (κ2) is 10.1. The number of halogens is 2. The van der Waals surface area contributed by atoms with Gasteiger partial charge in [-0.25, -0.2) is 12.8 Å². The lowest BCUT2D eigenvalue weighted by molar-refractivity contribution is 0.0516. The molecule has 9 heteroatoms. The third-order valence-corrected chi connectivity index (χ3v) is 7.39. The number of benzene rings is 2. The number of sulfone groups is 1. The van der Waals surface area contributed by atoms with Crippen LogP contribution in [0, 0.1) is 5.82 Å². The van der Waals surface area contributed by atoms with Gasteiger partial charge in [-0.1, -0.05) is 29.8 Å². The van der Waals surface area contributed by atoms with Crippen LogP contribution in [0.2, 0.25) is 5.02 Å². The lowest BCUT2D eigenvalue weighted by Crippen LogP contribution is -2.42. The Balaban J connectivity index is 1.73. The predicted molar refractivity (Wildman–Crippen MR) is 117 cm³/mol. The Labute approximate surface area is 186 Å². The summed E-state index contributed by atoms with van der Waals surface area (Å²) in [5, 5.41) is 10.8. The van der Waals surface area contributed by atoms with E-state index in [4.69, 9.17) is 16.3 Å². The first kappa shape index (κ1) is 23.7. The van der Waals surface area contributed by atoms with Crippen molar-refractivity contribution in [2.75, 3.05) is 24.7 Å². The summed E-state index contributed by atoms with van der Waals surface area (Å²) in [5.74, 6) is -0.282. The van der Waals surface area contributed by atoms with E-state index < -0.39 is 21.8 Å². The van der Waals surface area contributed by atoms with E-state index in [1.54, 1.807) is 35.2 Å². The van der Waals surface area contributed by atoms with Crippen LogP contribution < -0.4 is 4.74 Å². The third kappa shape index (κ3) is 6.26.